The lowest BCUT2D eigenvalue weighted by molar-refractivity contribution is 0.163. The lowest BCUT2D eigenvalue weighted by Gasteiger charge is -2.30. The van der Waals surface area contributed by atoms with Gasteiger partial charge in [0.05, 0.1) is 0 Å². The molecule has 1 aliphatic rings. The number of rotatable bonds is 5. The highest BCUT2D eigenvalue weighted by Gasteiger charge is 2.24. The third-order valence-corrected chi connectivity index (χ3v) is 4.72. The maximum Gasteiger partial charge on any atom is 0.140 e. The van der Waals surface area contributed by atoms with Crippen molar-refractivity contribution in [2.75, 3.05) is 13.2 Å². The summed E-state index contributed by atoms with van der Waals surface area (Å²) >= 11 is 0. The summed E-state index contributed by atoms with van der Waals surface area (Å²) < 4.78 is 2.29. The summed E-state index contributed by atoms with van der Waals surface area (Å²) in [7, 11) is 0. The third-order valence-electron chi connectivity index (χ3n) is 4.72. The summed E-state index contributed by atoms with van der Waals surface area (Å²) in [5.74, 6) is 1.46. The fourth-order valence-corrected chi connectivity index (χ4v) is 3.50. The van der Waals surface area contributed by atoms with Gasteiger partial charge in [0, 0.05) is 30.6 Å². The Hall–Kier alpha value is -1.07. The number of benzene rings is 1. The van der Waals surface area contributed by atoms with E-state index in [1.165, 1.54) is 18.4 Å². The molecule has 4 nitrogen and oxygen atoms in total. The van der Waals surface area contributed by atoms with Gasteiger partial charge in [-0.1, -0.05) is 30.7 Å². The molecule has 1 heterocycles. The lowest BCUT2D eigenvalue weighted by atomic mass is 9.86. The largest absolute Gasteiger partial charge is 0.396 e. The van der Waals surface area contributed by atoms with E-state index in [2.05, 4.69) is 40.0 Å². The van der Waals surface area contributed by atoms with Crippen LogP contribution in [0, 0.1) is 5.92 Å². The van der Waals surface area contributed by atoms with E-state index in [1.54, 1.807) is 0 Å². The average Bonchev–Trinajstić information content (AvgIpc) is 3.05. The molecule has 0 bridgehead atoms. The van der Waals surface area contributed by atoms with E-state index >= 15 is 0 Å². The van der Waals surface area contributed by atoms with Gasteiger partial charge in [-0.05, 0) is 43.7 Å². The molecule has 0 unspecified atom stereocenters. The van der Waals surface area contributed by atoms with Crippen LogP contribution < -0.4 is 5.73 Å². The normalized spacial score (nSPS) is 20.1. The van der Waals surface area contributed by atoms with Crippen molar-refractivity contribution in [1.82, 2.24) is 9.55 Å². The Morgan fingerprint density at radius 3 is 2.58 bits per heavy atom. The molecule has 3 N–H and O–H groups in total. The summed E-state index contributed by atoms with van der Waals surface area (Å²) in [5, 5.41) is 9.44. The predicted molar refractivity (Wildman–Crippen MR) is 103 cm³/mol. The van der Waals surface area contributed by atoms with Crippen LogP contribution in [0.15, 0.2) is 36.7 Å². The minimum atomic E-state index is 0. The van der Waals surface area contributed by atoms with Gasteiger partial charge < -0.3 is 15.4 Å². The zero-order valence-electron chi connectivity index (χ0n) is 13.8. The second-order valence-corrected chi connectivity index (χ2v) is 6.26. The van der Waals surface area contributed by atoms with E-state index in [4.69, 9.17) is 5.73 Å². The Morgan fingerprint density at radius 2 is 1.92 bits per heavy atom. The molecule has 24 heavy (non-hydrogen) atoms. The molecule has 2 atom stereocenters. The summed E-state index contributed by atoms with van der Waals surface area (Å²) in [6, 6.07) is 9.00. The van der Waals surface area contributed by atoms with Crippen molar-refractivity contribution in [3.63, 3.8) is 0 Å². The van der Waals surface area contributed by atoms with E-state index in [9.17, 15) is 5.11 Å². The Labute approximate surface area is 156 Å². The molecule has 0 saturated heterocycles. The Kier molecular flexibility index (Phi) is 8.78. The van der Waals surface area contributed by atoms with Gasteiger partial charge in [-0.15, -0.1) is 24.8 Å². The lowest BCUT2D eigenvalue weighted by Crippen LogP contribution is -2.21. The van der Waals surface area contributed by atoms with Gasteiger partial charge in [0.1, 0.15) is 5.82 Å². The number of aliphatic hydroxyl groups is 1. The molecule has 1 saturated carbocycles. The zero-order chi connectivity index (χ0) is 15.4. The molecule has 3 rings (SSSR count). The highest BCUT2D eigenvalue weighted by Crippen LogP contribution is 2.34. The van der Waals surface area contributed by atoms with Crippen LogP contribution >= 0.6 is 24.8 Å². The van der Waals surface area contributed by atoms with Gasteiger partial charge >= 0.3 is 0 Å². The molecule has 0 spiro atoms. The van der Waals surface area contributed by atoms with E-state index in [-0.39, 0.29) is 24.8 Å². The number of hydrogen-bond acceptors (Lipinski definition) is 3. The molecule has 1 aromatic heterocycles. The first-order valence-electron chi connectivity index (χ1n) is 8.25. The first-order chi connectivity index (χ1) is 10.8. The van der Waals surface area contributed by atoms with E-state index < -0.39 is 0 Å². The summed E-state index contributed by atoms with van der Waals surface area (Å²) in [5.41, 5.74) is 8.02. The fraction of sp³-hybridized carbons (Fsp3) is 0.500. The van der Waals surface area contributed by atoms with Crippen molar-refractivity contribution in [1.29, 1.82) is 0 Å². The van der Waals surface area contributed by atoms with Crippen LogP contribution in [0.1, 0.15) is 37.3 Å². The molecule has 1 aromatic carbocycles. The summed E-state index contributed by atoms with van der Waals surface area (Å²) in [4.78, 5) is 4.56. The smallest absolute Gasteiger partial charge is 0.140 e. The first-order valence-corrected chi connectivity index (χ1v) is 8.25. The number of hydrogen-bond donors (Lipinski definition) is 2. The fourth-order valence-electron chi connectivity index (χ4n) is 3.50. The van der Waals surface area contributed by atoms with E-state index in [1.807, 2.05) is 6.20 Å². The van der Waals surface area contributed by atoms with Crippen molar-refractivity contribution in [2.24, 2.45) is 11.7 Å². The molecule has 1 aliphatic carbocycles. The standard InChI is InChI=1S/C18H25N3O.2ClH/c19-9-8-14-4-6-16(7-5-14)18-20-10-11-21(18)17-3-1-2-15(12-17)13-22;;/h4-7,10-11,15,17,22H,1-3,8-9,12-13,19H2;2*1H/t15-,17-;;/m1../s1. The number of aliphatic hydroxyl groups excluding tert-OH is 1. The predicted octanol–water partition coefficient (Wildman–Crippen LogP) is 3.62. The highest BCUT2D eigenvalue weighted by molar-refractivity contribution is 5.85. The minimum Gasteiger partial charge on any atom is -0.396 e. The van der Waals surface area contributed by atoms with Crippen molar-refractivity contribution < 1.29 is 5.11 Å². The topological polar surface area (TPSA) is 64.1 Å². The average molecular weight is 372 g/mol. The molecule has 0 aliphatic heterocycles. The van der Waals surface area contributed by atoms with Crippen molar-refractivity contribution in [3.8, 4) is 11.4 Å². The number of aromatic nitrogens is 2. The Balaban J connectivity index is 0.00000144. The second kappa shape index (κ2) is 10.0. The number of nitrogens with zero attached hydrogens (tertiary/aromatic N) is 2. The Morgan fingerprint density at radius 1 is 1.17 bits per heavy atom. The van der Waals surface area contributed by atoms with Gasteiger partial charge in [0.25, 0.3) is 0 Å². The van der Waals surface area contributed by atoms with Gasteiger partial charge in [0.15, 0.2) is 0 Å². The van der Waals surface area contributed by atoms with Gasteiger partial charge in [-0.25, -0.2) is 4.98 Å². The molecule has 134 valence electrons. The number of nitrogens with two attached hydrogens (primary N) is 1. The van der Waals surface area contributed by atoms with Crippen molar-refractivity contribution in [3.05, 3.63) is 42.2 Å². The molecule has 0 radical (unpaired) electrons. The maximum atomic E-state index is 9.44. The number of imidazole rings is 1. The van der Waals surface area contributed by atoms with E-state index in [0.717, 1.165) is 30.7 Å². The van der Waals surface area contributed by atoms with E-state index in [0.29, 0.717) is 25.1 Å². The Bertz CT molecular complexity index is 601. The van der Waals surface area contributed by atoms with Gasteiger partial charge in [0.2, 0.25) is 0 Å². The quantitative estimate of drug-likeness (QED) is 0.843. The van der Waals surface area contributed by atoms with Crippen LogP contribution in [0.25, 0.3) is 11.4 Å². The van der Waals surface area contributed by atoms with Crippen LogP contribution in [0.3, 0.4) is 0 Å². The maximum absolute atomic E-state index is 9.44. The van der Waals surface area contributed by atoms with Crippen LogP contribution in [-0.4, -0.2) is 27.8 Å². The number of halogens is 2. The van der Waals surface area contributed by atoms with Crippen LogP contribution in [0.5, 0.6) is 0 Å². The summed E-state index contributed by atoms with van der Waals surface area (Å²) in [6.45, 7) is 0.979. The van der Waals surface area contributed by atoms with Crippen molar-refractivity contribution in [2.45, 2.75) is 38.1 Å². The van der Waals surface area contributed by atoms with Gasteiger partial charge in [-0.3, -0.25) is 0 Å². The van der Waals surface area contributed by atoms with Gasteiger partial charge in [-0.2, -0.15) is 0 Å². The molecule has 1 fully saturated rings. The third kappa shape index (κ3) is 4.73. The SMILES string of the molecule is Cl.Cl.NCCc1ccc(-c2nccn2[C@@H]2CCC[C@@H](CO)C2)cc1. The molecular formula is C18H27Cl2N3O. The molecule has 6 heteroatoms. The summed E-state index contributed by atoms with van der Waals surface area (Å²) in [6.07, 6.45) is 9.42. The molecular weight excluding hydrogens is 345 g/mol. The molecule has 0 amide bonds. The first kappa shape index (κ1) is 21.0. The van der Waals surface area contributed by atoms with Crippen LogP contribution in [-0.2, 0) is 6.42 Å². The zero-order valence-corrected chi connectivity index (χ0v) is 15.4. The minimum absolute atomic E-state index is 0. The van der Waals surface area contributed by atoms with Crippen LogP contribution in [0.2, 0.25) is 0 Å². The second-order valence-electron chi connectivity index (χ2n) is 6.26. The van der Waals surface area contributed by atoms with Crippen LogP contribution in [0.4, 0.5) is 0 Å². The van der Waals surface area contributed by atoms with Crippen molar-refractivity contribution >= 4 is 24.8 Å². The highest BCUT2D eigenvalue weighted by atomic mass is 35.5. The monoisotopic (exact) mass is 371 g/mol. The molecule has 2 aromatic rings.